The topological polar surface area (TPSA) is 20.2 Å². The molecule has 16 heavy (non-hydrogen) atoms. The maximum absolute atomic E-state index is 10.4. The molecule has 1 unspecified atom stereocenters. The fourth-order valence-corrected chi connectivity index (χ4v) is 3.12. The average molecular weight is 226 g/mol. The Bertz CT molecular complexity index is 196. The highest BCUT2D eigenvalue weighted by molar-refractivity contribution is 4.83. The maximum atomic E-state index is 10.4. The van der Waals surface area contributed by atoms with Crippen molar-refractivity contribution in [2.75, 3.05) is 0 Å². The van der Waals surface area contributed by atoms with Gasteiger partial charge < -0.3 is 5.11 Å². The Morgan fingerprint density at radius 3 is 2.19 bits per heavy atom. The van der Waals surface area contributed by atoms with Crippen LogP contribution in [0, 0.1) is 11.3 Å². The summed E-state index contributed by atoms with van der Waals surface area (Å²) in [6.07, 6.45) is 9.32. The summed E-state index contributed by atoms with van der Waals surface area (Å²) in [6.45, 7) is 9.24. The fourth-order valence-electron chi connectivity index (χ4n) is 3.12. The first-order valence-electron chi connectivity index (χ1n) is 7.03. The SMILES string of the molecule is CC(CCC1(O)CCCCC1)CC(C)(C)C. The highest BCUT2D eigenvalue weighted by Gasteiger charge is 2.29. The molecule has 1 N–H and O–H groups in total. The normalized spacial score (nSPS) is 23.1. The molecule has 0 aliphatic heterocycles. The molecule has 1 heteroatoms. The van der Waals surface area contributed by atoms with Gasteiger partial charge in [0.2, 0.25) is 0 Å². The summed E-state index contributed by atoms with van der Waals surface area (Å²) < 4.78 is 0. The quantitative estimate of drug-likeness (QED) is 0.746. The van der Waals surface area contributed by atoms with Crippen molar-refractivity contribution in [3.05, 3.63) is 0 Å². The Labute approximate surface area is 102 Å². The molecule has 0 amide bonds. The molecule has 0 radical (unpaired) electrons. The standard InChI is InChI=1S/C15H30O/c1-13(12-14(2,3)4)8-11-15(16)9-6-5-7-10-15/h13,16H,5-12H2,1-4H3. The minimum absolute atomic E-state index is 0.315. The highest BCUT2D eigenvalue weighted by atomic mass is 16.3. The van der Waals surface area contributed by atoms with Crippen molar-refractivity contribution in [1.82, 2.24) is 0 Å². The second-order valence-electron chi connectivity index (χ2n) is 7.19. The number of hydrogen-bond donors (Lipinski definition) is 1. The average Bonchev–Trinajstić information content (AvgIpc) is 2.14. The zero-order valence-corrected chi connectivity index (χ0v) is 11.7. The van der Waals surface area contributed by atoms with Gasteiger partial charge in [-0.1, -0.05) is 47.0 Å². The zero-order valence-electron chi connectivity index (χ0n) is 11.7. The van der Waals surface area contributed by atoms with E-state index in [1.807, 2.05) is 0 Å². The number of aliphatic hydroxyl groups is 1. The lowest BCUT2D eigenvalue weighted by atomic mass is 9.77. The fraction of sp³-hybridized carbons (Fsp3) is 1.00. The molecule has 1 aliphatic carbocycles. The molecule has 0 aromatic carbocycles. The molecule has 0 heterocycles. The van der Waals surface area contributed by atoms with Crippen LogP contribution in [0.1, 0.15) is 79.1 Å². The summed E-state index contributed by atoms with van der Waals surface area (Å²) in [5, 5.41) is 10.4. The number of hydrogen-bond acceptors (Lipinski definition) is 1. The van der Waals surface area contributed by atoms with E-state index in [0.29, 0.717) is 5.41 Å². The van der Waals surface area contributed by atoms with Crippen LogP contribution in [0.5, 0.6) is 0 Å². The van der Waals surface area contributed by atoms with Crippen LogP contribution in [0.15, 0.2) is 0 Å². The van der Waals surface area contributed by atoms with E-state index < -0.39 is 0 Å². The smallest absolute Gasteiger partial charge is 0.0648 e. The first kappa shape index (κ1) is 14.0. The van der Waals surface area contributed by atoms with Crippen molar-refractivity contribution in [2.24, 2.45) is 11.3 Å². The molecule has 1 nitrogen and oxygen atoms in total. The van der Waals surface area contributed by atoms with Gasteiger partial charge in [-0.2, -0.15) is 0 Å². The highest BCUT2D eigenvalue weighted by Crippen LogP contribution is 2.34. The second-order valence-corrected chi connectivity index (χ2v) is 7.19. The minimum atomic E-state index is -0.315. The van der Waals surface area contributed by atoms with E-state index >= 15 is 0 Å². The van der Waals surface area contributed by atoms with Gasteiger partial charge in [-0.25, -0.2) is 0 Å². The van der Waals surface area contributed by atoms with E-state index in [1.165, 1.54) is 32.1 Å². The van der Waals surface area contributed by atoms with Crippen LogP contribution in [0.25, 0.3) is 0 Å². The van der Waals surface area contributed by atoms with Crippen molar-refractivity contribution in [3.63, 3.8) is 0 Å². The zero-order chi connectivity index (χ0) is 12.2. The van der Waals surface area contributed by atoms with E-state index in [0.717, 1.165) is 25.2 Å². The molecule has 1 rings (SSSR count). The van der Waals surface area contributed by atoms with Gasteiger partial charge in [-0.15, -0.1) is 0 Å². The maximum Gasteiger partial charge on any atom is 0.0648 e. The molecule has 0 saturated heterocycles. The van der Waals surface area contributed by atoms with Crippen LogP contribution in [0.3, 0.4) is 0 Å². The van der Waals surface area contributed by atoms with Gasteiger partial charge in [0.15, 0.2) is 0 Å². The Morgan fingerprint density at radius 1 is 1.12 bits per heavy atom. The van der Waals surface area contributed by atoms with E-state index in [2.05, 4.69) is 27.7 Å². The summed E-state index contributed by atoms with van der Waals surface area (Å²) in [4.78, 5) is 0. The summed E-state index contributed by atoms with van der Waals surface area (Å²) >= 11 is 0. The van der Waals surface area contributed by atoms with Gasteiger partial charge in [-0.05, 0) is 43.4 Å². The van der Waals surface area contributed by atoms with E-state index in [4.69, 9.17) is 0 Å². The number of rotatable bonds is 4. The predicted octanol–water partition coefficient (Wildman–Crippen LogP) is 4.53. The molecule has 0 spiro atoms. The molecule has 1 aliphatic rings. The third-order valence-electron chi connectivity index (χ3n) is 3.85. The lowest BCUT2D eigenvalue weighted by Crippen LogP contribution is -2.31. The largest absolute Gasteiger partial charge is 0.390 e. The predicted molar refractivity (Wildman–Crippen MR) is 70.5 cm³/mol. The Hall–Kier alpha value is -0.0400. The van der Waals surface area contributed by atoms with Crippen LogP contribution < -0.4 is 0 Å². The summed E-state index contributed by atoms with van der Waals surface area (Å²) in [5.41, 5.74) is 0.110. The Balaban J connectivity index is 2.27. The molecule has 96 valence electrons. The Kier molecular flexibility index (Phi) is 4.85. The molecule has 1 fully saturated rings. The van der Waals surface area contributed by atoms with Gasteiger partial charge in [0.25, 0.3) is 0 Å². The first-order chi connectivity index (χ1) is 7.31. The monoisotopic (exact) mass is 226 g/mol. The molecular weight excluding hydrogens is 196 g/mol. The van der Waals surface area contributed by atoms with E-state index in [1.54, 1.807) is 0 Å². The molecular formula is C15H30O. The van der Waals surface area contributed by atoms with Gasteiger partial charge in [0.05, 0.1) is 5.60 Å². The van der Waals surface area contributed by atoms with E-state index in [9.17, 15) is 5.11 Å². The molecule has 0 aromatic rings. The van der Waals surface area contributed by atoms with Crippen LogP contribution in [0.4, 0.5) is 0 Å². The third-order valence-corrected chi connectivity index (χ3v) is 3.85. The summed E-state index contributed by atoms with van der Waals surface area (Å²) in [6, 6.07) is 0. The van der Waals surface area contributed by atoms with Gasteiger partial charge >= 0.3 is 0 Å². The van der Waals surface area contributed by atoms with Crippen molar-refractivity contribution < 1.29 is 5.11 Å². The van der Waals surface area contributed by atoms with Gasteiger partial charge in [0, 0.05) is 0 Å². The summed E-state index contributed by atoms with van der Waals surface area (Å²) in [7, 11) is 0. The van der Waals surface area contributed by atoms with Crippen molar-refractivity contribution in [1.29, 1.82) is 0 Å². The van der Waals surface area contributed by atoms with Crippen LogP contribution in [-0.2, 0) is 0 Å². The Morgan fingerprint density at radius 2 is 1.69 bits per heavy atom. The molecule has 0 aromatic heterocycles. The third kappa shape index (κ3) is 5.34. The molecule has 0 bridgehead atoms. The summed E-state index contributed by atoms with van der Waals surface area (Å²) in [5.74, 6) is 0.742. The van der Waals surface area contributed by atoms with Crippen molar-refractivity contribution in [3.8, 4) is 0 Å². The lowest BCUT2D eigenvalue weighted by molar-refractivity contribution is -0.00956. The molecule has 1 saturated carbocycles. The lowest BCUT2D eigenvalue weighted by Gasteiger charge is -2.33. The second kappa shape index (κ2) is 5.53. The van der Waals surface area contributed by atoms with Crippen LogP contribution in [-0.4, -0.2) is 10.7 Å². The van der Waals surface area contributed by atoms with Gasteiger partial charge in [-0.3, -0.25) is 0 Å². The van der Waals surface area contributed by atoms with Crippen LogP contribution >= 0.6 is 0 Å². The van der Waals surface area contributed by atoms with Crippen molar-refractivity contribution in [2.45, 2.75) is 84.7 Å². The van der Waals surface area contributed by atoms with Crippen molar-refractivity contribution >= 4 is 0 Å². The van der Waals surface area contributed by atoms with E-state index in [-0.39, 0.29) is 5.60 Å². The van der Waals surface area contributed by atoms with Gasteiger partial charge in [0.1, 0.15) is 0 Å². The molecule has 1 atom stereocenters. The van der Waals surface area contributed by atoms with Crippen LogP contribution in [0.2, 0.25) is 0 Å². The first-order valence-corrected chi connectivity index (χ1v) is 7.03. The minimum Gasteiger partial charge on any atom is -0.390 e.